The van der Waals surface area contributed by atoms with Gasteiger partial charge in [0.05, 0.1) is 0 Å². The maximum atomic E-state index is 13.9. The van der Waals surface area contributed by atoms with Crippen molar-refractivity contribution in [3.05, 3.63) is 71.4 Å². The summed E-state index contributed by atoms with van der Waals surface area (Å²) in [6, 6.07) is 15.9. The van der Waals surface area contributed by atoms with Crippen molar-refractivity contribution in [2.75, 3.05) is 5.32 Å². The first-order valence-corrected chi connectivity index (χ1v) is 7.45. The van der Waals surface area contributed by atoms with Crippen molar-refractivity contribution in [2.45, 2.75) is 6.54 Å². The second-order valence-corrected chi connectivity index (χ2v) is 5.64. The van der Waals surface area contributed by atoms with Crippen LogP contribution in [-0.4, -0.2) is 5.11 Å². The van der Waals surface area contributed by atoms with Gasteiger partial charge >= 0.3 is 0 Å². The Kier molecular flexibility index (Phi) is 3.88. The van der Waals surface area contributed by atoms with E-state index in [0.29, 0.717) is 12.1 Å². The molecule has 21 heavy (non-hydrogen) atoms. The van der Waals surface area contributed by atoms with E-state index in [1.165, 1.54) is 17.4 Å². The van der Waals surface area contributed by atoms with Gasteiger partial charge in [-0.05, 0) is 41.3 Å². The number of aromatic hydroxyl groups is 1. The van der Waals surface area contributed by atoms with E-state index in [2.05, 4.69) is 5.32 Å². The van der Waals surface area contributed by atoms with E-state index in [0.717, 1.165) is 16.1 Å². The van der Waals surface area contributed by atoms with Gasteiger partial charge in [-0.15, -0.1) is 11.3 Å². The lowest BCUT2D eigenvalue weighted by molar-refractivity contribution is 0.475. The molecule has 0 unspecified atom stereocenters. The average molecular weight is 299 g/mol. The first-order chi connectivity index (χ1) is 10.2. The van der Waals surface area contributed by atoms with E-state index in [1.54, 1.807) is 24.3 Å². The molecule has 2 aromatic carbocycles. The standard InChI is InChI=1S/C17H14FNOS/c18-16-7-6-12(9-15(16)17-5-2-8-21-17)11-19-13-3-1-4-14(20)10-13/h1-10,19-20H,11H2. The highest BCUT2D eigenvalue weighted by molar-refractivity contribution is 7.13. The second-order valence-electron chi connectivity index (χ2n) is 4.70. The fourth-order valence-corrected chi connectivity index (χ4v) is 2.87. The molecule has 0 aliphatic carbocycles. The van der Waals surface area contributed by atoms with Crippen molar-refractivity contribution in [2.24, 2.45) is 0 Å². The van der Waals surface area contributed by atoms with Crippen molar-refractivity contribution < 1.29 is 9.50 Å². The van der Waals surface area contributed by atoms with Crippen molar-refractivity contribution in [1.29, 1.82) is 0 Å². The summed E-state index contributed by atoms with van der Waals surface area (Å²) < 4.78 is 13.9. The summed E-state index contributed by atoms with van der Waals surface area (Å²) in [5.74, 6) is 0.0111. The van der Waals surface area contributed by atoms with Crippen LogP contribution < -0.4 is 5.32 Å². The highest BCUT2D eigenvalue weighted by Gasteiger charge is 2.07. The van der Waals surface area contributed by atoms with Crippen molar-refractivity contribution in [3.8, 4) is 16.2 Å². The number of benzene rings is 2. The maximum absolute atomic E-state index is 13.9. The monoisotopic (exact) mass is 299 g/mol. The largest absolute Gasteiger partial charge is 0.508 e. The summed E-state index contributed by atoms with van der Waals surface area (Å²) in [6.45, 7) is 0.572. The number of halogens is 1. The summed E-state index contributed by atoms with van der Waals surface area (Å²) in [7, 11) is 0. The molecule has 0 amide bonds. The minimum Gasteiger partial charge on any atom is -0.508 e. The van der Waals surface area contributed by atoms with Crippen molar-refractivity contribution >= 4 is 17.0 Å². The van der Waals surface area contributed by atoms with Crippen molar-refractivity contribution in [3.63, 3.8) is 0 Å². The van der Waals surface area contributed by atoms with Gasteiger partial charge in [0.15, 0.2) is 0 Å². The van der Waals surface area contributed by atoms with Gasteiger partial charge in [-0.25, -0.2) is 4.39 Å². The Morgan fingerprint density at radius 3 is 2.71 bits per heavy atom. The van der Waals surface area contributed by atoms with Crippen LogP contribution in [0.5, 0.6) is 5.75 Å². The quantitative estimate of drug-likeness (QED) is 0.720. The fraction of sp³-hybridized carbons (Fsp3) is 0.0588. The molecule has 0 spiro atoms. The van der Waals surface area contributed by atoms with Crippen LogP contribution in [0, 0.1) is 5.82 Å². The van der Waals surface area contributed by atoms with E-state index in [-0.39, 0.29) is 11.6 Å². The maximum Gasteiger partial charge on any atom is 0.131 e. The van der Waals surface area contributed by atoms with Crippen LogP contribution in [0.4, 0.5) is 10.1 Å². The SMILES string of the molecule is Oc1cccc(NCc2ccc(F)c(-c3cccs3)c2)c1. The van der Waals surface area contributed by atoms with Crippen LogP contribution in [0.15, 0.2) is 60.0 Å². The minimum atomic E-state index is -0.210. The van der Waals surface area contributed by atoms with Gasteiger partial charge in [-0.2, -0.15) is 0 Å². The van der Waals surface area contributed by atoms with Gasteiger partial charge in [-0.3, -0.25) is 0 Å². The van der Waals surface area contributed by atoms with Crippen LogP contribution >= 0.6 is 11.3 Å². The Hall–Kier alpha value is -2.33. The van der Waals surface area contributed by atoms with Gasteiger partial charge in [0.2, 0.25) is 0 Å². The van der Waals surface area contributed by atoms with Crippen LogP contribution in [0.25, 0.3) is 10.4 Å². The van der Waals surface area contributed by atoms with Gasteiger partial charge < -0.3 is 10.4 Å². The Morgan fingerprint density at radius 2 is 1.95 bits per heavy atom. The molecule has 2 N–H and O–H groups in total. The minimum absolute atomic E-state index is 0.210. The summed E-state index contributed by atoms with van der Waals surface area (Å²) in [4.78, 5) is 0.923. The predicted molar refractivity (Wildman–Crippen MR) is 85.1 cm³/mol. The van der Waals surface area contributed by atoms with Crippen LogP contribution in [0.2, 0.25) is 0 Å². The Morgan fingerprint density at radius 1 is 1.05 bits per heavy atom. The van der Waals surface area contributed by atoms with E-state index in [9.17, 15) is 9.50 Å². The molecule has 3 rings (SSSR count). The van der Waals surface area contributed by atoms with Gasteiger partial charge in [0, 0.05) is 28.7 Å². The average Bonchev–Trinajstić information content (AvgIpc) is 3.00. The Balaban J connectivity index is 1.79. The molecule has 1 aromatic heterocycles. The molecule has 0 fully saturated rings. The summed E-state index contributed by atoms with van der Waals surface area (Å²) in [5.41, 5.74) is 2.44. The third-order valence-electron chi connectivity index (χ3n) is 3.16. The molecule has 0 radical (unpaired) electrons. The number of nitrogens with one attached hydrogen (secondary N) is 1. The molecule has 3 aromatic rings. The van der Waals surface area contributed by atoms with Crippen LogP contribution in [-0.2, 0) is 6.54 Å². The lowest BCUT2D eigenvalue weighted by Crippen LogP contribution is -1.99. The second kappa shape index (κ2) is 5.97. The van der Waals surface area contributed by atoms with Gasteiger partial charge in [0.1, 0.15) is 11.6 Å². The molecule has 1 heterocycles. The van der Waals surface area contributed by atoms with E-state index < -0.39 is 0 Å². The van der Waals surface area contributed by atoms with Crippen LogP contribution in [0.1, 0.15) is 5.56 Å². The van der Waals surface area contributed by atoms with Gasteiger partial charge in [-0.1, -0.05) is 18.2 Å². The first kappa shape index (κ1) is 13.6. The number of phenols is 1. The topological polar surface area (TPSA) is 32.3 Å². The molecule has 0 bridgehead atoms. The van der Waals surface area contributed by atoms with E-state index in [1.807, 2.05) is 29.6 Å². The molecule has 0 saturated heterocycles. The molecule has 4 heteroatoms. The smallest absolute Gasteiger partial charge is 0.131 e. The Bertz CT molecular complexity index is 740. The number of hydrogen-bond donors (Lipinski definition) is 2. The van der Waals surface area contributed by atoms with E-state index in [4.69, 9.17) is 0 Å². The van der Waals surface area contributed by atoms with Crippen LogP contribution in [0.3, 0.4) is 0 Å². The number of thiophene rings is 1. The van der Waals surface area contributed by atoms with E-state index >= 15 is 0 Å². The molecule has 0 saturated carbocycles. The fourth-order valence-electron chi connectivity index (χ4n) is 2.12. The summed E-state index contributed by atoms with van der Waals surface area (Å²) in [5, 5.41) is 14.6. The highest BCUT2D eigenvalue weighted by Crippen LogP contribution is 2.28. The summed E-state index contributed by atoms with van der Waals surface area (Å²) in [6.07, 6.45) is 0. The zero-order valence-corrected chi connectivity index (χ0v) is 12.0. The number of anilines is 1. The Labute approximate surface area is 126 Å². The lowest BCUT2D eigenvalue weighted by atomic mass is 10.1. The first-order valence-electron chi connectivity index (χ1n) is 6.57. The molecule has 0 atom stereocenters. The lowest BCUT2D eigenvalue weighted by Gasteiger charge is -2.09. The van der Waals surface area contributed by atoms with Crippen molar-refractivity contribution in [1.82, 2.24) is 0 Å². The third-order valence-corrected chi connectivity index (χ3v) is 4.06. The van der Waals surface area contributed by atoms with Gasteiger partial charge in [0.25, 0.3) is 0 Å². The number of phenolic OH excluding ortho intramolecular Hbond substituents is 1. The zero-order valence-electron chi connectivity index (χ0n) is 11.2. The normalized spacial score (nSPS) is 10.5. The highest BCUT2D eigenvalue weighted by atomic mass is 32.1. The third kappa shape index (κ3) is 3.23. The molecule has 2 nitrogen and oxygen atoms in total. The number of hydrogen-bond acceptors (Lipinski definition) is 3. The molecule has 0 aliphatic heterocycles. The number of rotatable bonds is 4. The summed E-state index contributed by atoms with van der Waals surface area (Å²) >= 11 is 1.52. The molecular weight excluding hydrogens is 285 g/mol. The molecular formula is C17H14FNOS. The molecule has 0 aliphatic rings. The predicted octanol–water partition coefficient (Wildman–Crippen LogP) is 4.87. The zero-order chi connectivity index (χ0) is 14.7. The molecule has 106 valence electrons.